The van der Waals surface area contributed by atoms with E-state index in [1.807, 2.05) is 24.3 Å². The lowest BCUT2D eigenvalue weighted by Crippen LogP contribution is -2.32. The lowest BCUT2D eigenvalue weighted by Gasteiger charge is -2.31. The van der Waals surface area contributed by atoms with Crippen molar-refractivity contribution in [3.63, 3.8) is 0 Å². The lowest BCUT2D eigenvalue weighted by molar-refractivity contribution is -0.115. The predicted octanol–water partition coefficient (Wildman–Crippen LogP) is 2.46. The molecule has 3 rings (SSSR count). The first-order valence-electron chi connectivity index (χ1n) is 7.35. The van der Waals surface area contributed by atoms with E-state index in [2.05, 4.69) is 0 Å². The van der Waals surface area contributed by atoms with Gasteiger partial charge in [0.2, 0.25) is 0 Å². The van der Waals surface area contributed by atoms with Crippen molar-refractivity contribution in [3.05, 3.63) is 29.8 Å². The van der Waals surface area contributed by atoms with Gasteiger partial charge in [0.05, 0.1) is 32.0 Å². The van der Waals surface area contributed by atoms with Crippen LogP contribution in [-0.2, 0) is 9.47 Å². The van der Waals surface area contributed by atoms with E-state index in [1.165, 1.54) is 0 Å². The fourth-order valence-electron chi connectivity index (χ4n) is 3.30. The number of hydrogen-bond donors (Lipinski definition) is 1. The molecule has 20 heavy (non-hydrogen) atoms. The summed E-state index contributed by atoms with van der Waals surface area (Å²) < 4.78 is 17.3. The number of hydrogen-bond acceptors (Lipinski definition) is 4. The van der Waals surface area contributed by atoms with Gasteiger partial charge in [-0.15, -0.1) is 0 Å². The molecule has 0 aromatic heterocycles. The number of aliphatic hydroxyl groups excluding tert-OH is 1. The molecular formula is C16H22O4. The van der Waals surface area contributed by atoms with Crippen molar-refractivity contribution in [2.75, 3.05) is 13.7 Å². The normalized spacial score (nSPS) is 30.2. The van der Waals surface area contributed by atoms with E-state index in [0.717, 1.165) is 37.0 Å². The van der Waals surface area contributed by atoms with E-state index in [4.69, 9.17) is 14.2 Å². The van der Waals surface area contributed by atoms with Gasteiger partial charge in [-0.25, -0.2) is 0 Å². The van der Waals surface area contributed by atoms with E-state index < -0.39 is 0 Å². The zero-order chi connectivity index (χ0) is 13.9. The van der Waals surface area contributed by atoms with Crippen LogP contribution >= 0.6 is 0 Å². The van der Waals surface area contributed by atoms with Gasteiger partial charge in [0.25, 0.3) is 0 Å². The van der Waals surface area contributed by atoms with E-state index in [9.17, 15) is 5.11 Å². The van der Waals surface area contributed by atoms with Crippen molar-refractivity contribution >= 4 is 0 Å². The fourth-order valence-corrected chi connectivity index (χ4v) is 3.30. The van der Waals surface area contributed by atoms with E-state index in [0.29, 0.717) is 12.2 Å². The Labute approximate surface area is 119 Å². The first-order valence-corrected chi connectivity index (χ1v) is 7.35. The Morgan fingerprint density at radius 1 is 1.25 bits per heavy atom. The molecule has 0 spiro atoms. The Hall–Kier alpha value is -1.10. The van der Waals surface area contributed by atoms with Gasteiger partial charge in [-0.2, -0.15) is 0 Å². The number of aliphatic hydroxyl groups is 1. The lowest BCUT2D eigenvalue weighted by atomic mass is 10.0. The Kier molecular flexibility index (Phi) is 4.24. The second kappa shape index (κ2) is 6.12. The van der Waals surface area contributed by atoms with Gasteiger partial charge in [0.15, 0.2) is 0 Å². The highest BCUT2D eigenvalue weighted by molar-refractivity contribution is 5.35. The molecule has 0 saturated carbocycles. The van der Waals surface area contributed by atoms with Crippen molar-refractivity contribution in [2.45, 2.75) is 50.1 Å². The molecule has 2 heterocycles. The van der Waals surface area contributed by atoms with Gasteiger partial charge in [-0.3, -0.25) is 0 Å². The Morgan fingerprint density at radius 3 is 2.60 bits per heavy atom. The molecule has 2 bridgehead atoms. The van der Waals surface area contributed by atoms with Gasteiger partial charge in [0, 0.05) is 5.56 Å². The monoisotopic (exact) mass is 278 g/mol. The summed E-state index contributed by atoms with van der Waals surface area (Å²) in [6.07, 6.45) is 4.68. The Balaban J connectivity index is 1.70. The molecule has 1 aromatic carbocycles. The molecular weight excluding hydrogens is 256 g/mol. The number of rotatable bonds is 5. The minimum absolute atomic E-state index is 0.0347. The second-order valence-corrected chi connectivity index (χ2v) is 5.60. The van der Waals surface area contributed by atoms with Gasteiger partial charge < -0.3 is 19.3 Å². The first-order chi connectivity index (χ1) is 9.80. The zero-order valence-electron chi connectivity index (χ0n) is 11.8. The van der Waals surface area contributed by atoms with Crippen LogP contribution in [0.1, 0.15) is 37.4 Å². The highest BCUT2D eigenvalue weighted by Gasteiger charge is 2.36. The van der Waals surface area contributed by atoms with Crippen LogP contribution in [0.3, 0.4) is 0 Å². The summed E-state index contributed by atoms with van der Waals surface area (Å²) in [7, 11) is 1.64. The van der Waals surface area contributed by atoms with E-state index in [1.54, 1.807) is 7.11 Å². The van der Waals surface area contributed by atoms with Crippen molar-refractivity contribution in [3.8, 4) is 5.75 Å². The number of methoxy groups -OCH3 is 1. The van der Waals surface area contributed by atoms with Crippen LogP contribution in [0.2, 0.25) is 0 Å². The summed E-state index contributed by atoms with van der Waals surface area (Å²) in [4.78, 5) is 0. The summed E-state index contributed by atoms with van der Waals surface area (Å²) in [5.74, 6) is 0.765. The van der Waals surface area contributed by atoms with Crippen molar-refractivity contribution in [1.29, 1.82) is 0 Å². The predicted molar refractivity (Wildman–Crippen MR) is 74.8 cm³/mol. The van der Waals surface area contributed by atoms with Crippen LogP contribution in [0.5, 0.6) is 5.75 Å². The van der Waals surface area contributed by atoms with Gasteiger partial charge in [0.1, 0.15) is 11.9 Å². The van der Waals surface area contributed by atoms with Gasteiger partial charge in [-0.05, 0) is 31.7 Å². The van der Waals surface area contributed by atoms with Crippen LogP contribution in [0.15, 0.2) is 24.3 Å². The third-order valence-electron chi connectivity index (χ3n) is 4.26. The maximum atomic E-state index is 9.67. The second-order valence-electron chi connectivity index (χ2n) is 5.60. The molecule has 0 amide bonds. The third-order valence-corrected chi connectivity index (χ3v) is 4.26. The SMILES string of the molecule is COc1ccccc1[C@H](CO)OC1C[C@@H]2CC[C@@H](C1)O2. The number of fused-ring (bicyclic) bond motifs is 2. The summed E-state index contributed by atoms with van der Waals surface area (Å²) in [5.41, 5.74) is 0.913. The molecule has 2 fully saturated rings. The standard InChI is InChI=1S/C16H22O4/c1-18-15-5-3-2-4-14(15)16(10-17)20-13-8-11-6-7-12(9-13)19-11/h2-5,11-13,16-17H,6-10H2,1H3/t11-,12-,16-/m0/s1. The number of para-hydroxylation sites is 1. The minimum Gasteiger partial charge on any atom is -0.496 e. The van der Waals surface area contributed by atoms with Crippen molar-refractivity contribution in [1.82, 2.24) is 0 Å². The molecule has 2 aliphatic heterocycles. The third kappa shape index (κ3) is 2.82. The molecule has 3 atom stereocenters. The van der Waals surface area contributed by atoms with Crippen LogP contribution in [0, 0.1) is 0 Å². The molecule has 4 heteroatoms. The smallest absolute Gasteiger partial charge is 0.124 e. The first kappa shape index (κ1) is 13.9. The summed E-state index contributed by atoms with van der Waals surface area (Å²) in [6.45, 7) is -0.0347. The highest BCUT2D eigenvalue weighted by Crippen LogP contribution is 2.37. The molecule has 0 radical (unpaired) electrons. The molecule has 2 saturated heterocycles. The summed E-state index contributed by atoms with van der Waals surface area (Å²) >= 11 is 0. The molecule has 2 aliphatic rings. The quantitative estimate of drug-likeness (QED) is 0.899. The van der Waals surface area contributed by atoms with Crippen LogP contribution < -0.4 is 4.74 Å². The number of ether oxygens (including phenoxy) is 3. The zero-order valence-corrected chi connectivity index (χ0v) is 11.8. The molecule has 110 valence electrons. The largest absolute Gasteiger partial charge is 0.496 e. The van der Waals surface area contributed by atoms with Gasteiger partial charge >= 0.3 is 0 Å². The Bertz CT molecular complexity index is 436. The molecule has 4 nitrogen and oxygen atoms in total. The summed E-state index contributed by atoms with van der Waals surface area (Å²) in [5, 5.41) is 9.67. The summed E-state index contributed by atoms with van der Waals surface area (Å²) in [6, 6.07) is 7.71. The molecule has 1 aromatic rings. The molecule has 0 aliphatic carbocycles. The van der Waals surface area contributed by atoms with Gasteiger partial charge in [-0.1, -0.05) is 18.2 Å². The van der Waals surface area contributed by atoms with Crippen molar-refractivity contribution < 1.29 is 19.3 Å². The maximum Gasteiger partial charge on any atom is 0.124 e. The minimum atomic E-state index is -0.325. The Morgan fingerprint density at radius 2 is 1.95 bits per heavy atom. The highest BCUT2D eigenvalue weighted by atomic mass is 16.5. The average molecular weight is 278 g/mol. The molecule has 0 unspecified atom stereocenters. The molecule has 1 N–H and O–H groups in total. The average Bonchev–Trinajstić information content (AvgIpc) is 2.83. The van der Waals surface area contributed by atoms with Crippen molar-refractivity contribution in [2.24, 2.45) is 0 Å². The van der Waals surface area contributed by atoms with Crippen LogP contribution in [0.4, 0.5) is 0 Å². The maximum absolute atomic E-state index is 9.67. The topological polar surface area (TPSA) is 47.9 Å². The number of benzene rings is 1. The van der Waals surface area contributed by atoms with Crippen LogP contribution in [-0.4, -0.2) is 37.1 Å². The van der Waals surface area contributed by atoms with E-state index in [-0.39, 0.29) is 18.8 Å². The van der Waals surface area contributed by atoms with E-state index >= 15 is 0 Å². The fraction of sp³-hybridized carbons (Fsp3) is 0.625. The van der Waals surface area contributed by atoms with Crippen LogP contribution in [0.25, 0.3) is 0 Å².